The van der Waals surface area contributed by atoms with Crippen LogP contribution in [-0.4, -0.2) is 9.97 Å². The van der Waals surface area contributed by atoms with Crippen molar-refractivity contribution in [2.24, 2.45) is 0 Å². The van der Waals surface area contributed by atoms with E-state index in [-0.39, 0.29) is 6.04 Å². The Morgan fingerprint density at radius 2 is 1.68 bits per heavy atom. The molecule has 5 heteroatoms. The number of para-hydroxylation sites is 1. The van der Waals surface area contributed by atoms with Crippen LogP contribution < -0.4 is 5.32 Å². The third-order valence-corrected chi connectivity index (χ3v) is 5.38. The van der Waals surface area contributed by atoms with E-state index in [1.54, 1.807) is 0 Å². The van der Waals surface area contributed by atoms with Crippen LogP contribution >= 0.6 is 23.2 Å². The van der Waals surface area contributed by atoms with E-state index in [2.05, 4.69) is 33.5 Å². The van der Waals surface area contributed by atoms with E-state index in [4.69, 9.17) is 23.2 Å². The van der Waals surface area contributed by atoms with Gasteiger partial charge >= 0.3 is 0 Å². The van der Waals surface area contributed by atoms with Crippen molar-refractivity contribution in [2.45, 2.75) is 6.04 Å². The molecule has 3 heterocycles. The van der Waals surface area contributed by atoms with Crippen molar-refractivity contribution in [2.75, 3.05) is 5.32 Å². The molecule has 1 unspecified atom stereocenters. The highest BCUT2D eigenvalue weighted by Crippen LogP contribution is 2.45. The van der Waals surface area contributed by atoms with Gasteiger partial charge in [0.1, 0.15) is 5.65 Å². The minimum Gasteiger partial charge on any atom is -0.373 e. The molecule has 0 bridgehead atoms. The number of rotatable bonds is 1. The lowest BCUT2D eigenvalue weighted by Crippen LogP contribution is -2.12. The summed E-state index contributed by atoms with van der Waals surface area (Å²) in [5.74, 6) is 0. The molecular formula is C20H13Cl2N3. The summed E-state index contributed by atoms with van der Waals surface area (Å²) in [6.45, 7) is 0. The number of nitrogens with one attached hydrogen (secondary N) is 2. The maximum atomic E-state index is 6.52. The average Bonchev–Trinajstić information content (AvgIpc) is 2.99. The number of aromatic nitrogens is 2. The van der Waals surface area contributed by atoms with E-state index in [9.17, 15) is 0 Å². The normalized spacial score (nSPS) is 15.5. The summed E-state index contributed by atoms with van der Waals surface area (Å²) in [7, 11) is 0. The molecule has 1 aliphatic rings. The summed E-state index contributed by atoms with van der Waals surface area (Å²) < 4.78 is 0. The summed E-state index contributed by atoms with van der Waals surface area (Å²) in [6, 6.07) is 15.8. The number of anilines is 1. The lowest BCUT2D eigenvalue weighted by molar-refractivity contribution is 0.953. The van der Waals surface area contributed by atoms with Gasteiger partial charge in [0, 0.05) is 50.2 Å². The highest BCUT2D eigenvalue weighted by molar-refractivity contribution is 6.36. The molecule has 2 aromatic heterocycles. The fraction of sp³-hybridized carbons (Fsp3) is 0.0500. The predicted octanol–water partition coefficient (Wildman–Crippen LogP) is 6.05. The van der Waals surface area contributed by atoms with Crippen molar-refractivity contribution >= 4 is 39.9 Å². The van der Waals surface area contributed by atoms with Crippen molar-refractivity contribution in [1.29, 1.82) is 0 Å². The largest absolute Gasteiger partial charge is 0.373 e. The highest BCUT2D eigenvalue weighted by atomic mass is 35.5. The van der Waals surface area contributed by atoms with Gasteiger partial charge in [-0.2, -0.15) is 0 Å². The number of nitrogens with zero attached hydrogens (tertiary/aromatic N) is 1. The molecule has 0 aliphatic carbocycles. The summed E-state index contributed by atoms with van der Waals surface area (Å²) in [5, 5.41) is 6.02. The highest BCUT2D eigenvalue weighted by Gasteiger charge is 2.28. The van der Waals surface area contributed by atoms with Crippen LogP contribution in [0.3, 0.4) is 0 Å². The number of aromatic amines is 1. The van der Waals surface area contributed by atoms with Crippen molar-refractivity contribution in [1.82, 2.24) is 9.97 Å². The molecule has 0 spiro atoms. The van der Waals surface area contributed by atoms with Crippen molar-refractivity contribution in [3.05, 3.63) is 82.1 Å². The molecule has 1 aliphatic heterocycles. The zero-order valence-electron chi connectivity index (χ0n) is 13.1. The van der Waals surface area contributed by atoms with Crippen molar-refractivity contribution < 1.29 is 0 Å². The van der Waals surface area contributed by atoms with Crippen LogP contribution in [0.2, 0.25) is 10.0 Å². The molecule has 122 valence electrons. The summed E-state index contributed by atoms with van der Waals surface area (Å²) in [6.07, 6.45) is 3.82. The van der Waals surface area contributed by atoms with E-state index < -0.39 is 0 Å². The van der Waals surface area contributed by atoms with Crippen molar-refractivity contribution in [3.8, 4) is 11.1 Å². The molecular weight excluding hydrogens is 353 g/mol. The van der Waals surface area contributed by atoms with Crippen LogP contribution in [0.25, 0.3) is 22.2 Å². The SMILES string of the molecule is Clc1cccc(Cl)c1C1Nc2ccccc2-c2ccnc3[nH]cc1c23. The first-order chi connectivity index (χ1) is 12.2. The van der Waals surface area contributed by atoms with E-state index in [0.29, 0.717) is 10.0 Å². The molecule has 0 saturated carbocycles. The Bertz CT molecular complexity index is 1100. The van der Waals surface area contributed by atoms with Gasteiger partial charge in [-0.25, -0.2) is 4.98 Å². The Morgan fingerprint density at radius 1 is 0.880 bits per heavy atom. The maximum Gasteiger partial charge on any atom is 0.138 e. The Labute approximate surface area is 154 Å². The Balaban J connectivity index is 1.88. The van der Waals surface area contributed by atoms with E-state index in [0.717, 1.165) is 39.0 Å². The molecule has 4 aromatic rings. The zero-order chi connectivity index (χ0) is 17.0. The van der Waals surface area contributed by atoms with Gasteiger partial charge in [0.05, 0.1) is 6.04 Å². The van der Waals surface area contributed by atoms with Crippen LogP contribution in [0, 0.1) is 0 Å². The molecule has 0 amide bonds. The first-order valence-electron chi connectivity index (χ1n) is 8.00. The fourth-order valence-corrected chi connectivity index (χ4v) is 4.24. The third kappa shape index (κ3) is 2.16. The topological polar surface area (TPSA) is 40.7 Å². The molecule has 5 rings (SSSR count). The first kappa shape index (κ1) is 14.8. The molecule has 25 heavy (non-hydrogen) atoms. The second-order valence-corrected chi connectivity index (χ2v) is 6.90. The van der Waals surface area contributed by atoms with Crippen LogP contribution in [0.1, 0.15) is 17.2 Å². The summed E-state index contributed by atoms with van der Waals surface area (Å²) in [4.78, 5) is 7.76. The lowest BCUT2D eigenvalue weighted by Gasteiger charge is -2.21. The zero-order valence-corrected chi connectivity index (χ0v) is 14.6. The quantitative estimate of drug-likeness (QED) is 0.430. The van der Waals surface area contributed by atoms with Gasteiger partial charge in [-0.15, -0.1) is 0 Å². The molecule has 0 radical (unpaired) electrons. The minimum absolute atomic E-state index is 0.165. The molecule has 2 aromatic carbocycles. The number of benzene rings is 2. The van der Waals surface area contributed by atoms with E-state index >= 15 is 0 Å². The smallest absolute Gasteiger partial charge is 0.138 e. The molecule has 0 saturated heterocycles. The van der Waals surface area contributed by atoms with Gasteiger partial charge < -0.3 is 10.3 Å². The van der Waals surface area contributed by atoms with Crippen LogP contribution in [0.5, 0.6) is 0 Å². The van der Waals surface area contributed by atoms with Gasteiger partial charge in [0.15, 0.2) is 0 Å². The van der Waals surface area contributed by atoms with Gasteiger partial charge in [0.2, 0.25) is 0 Å². The molecule has 1 atom stereocenters. The first-order valence-corrected chi connectivity index (χ1v) is 8.75. The average molecular weight is 366 g/mol. The number of H-pyrrole nitrogens is 1. The number of pyridine rings is 1. The number of halogens is 2. The Kier molecular flexibility index (Phi) is 3.27. The second-order valence-electron chi connectivity index (χ2n) is 6.08. The maximum absolute atomic E-state index is 6.52. The Hall–Kier alpha value is -2.49. The fourth-order valence-electron chi connectivity index (χ4n) is 3.63. The molecule has 0 fully saturated rings. The summed E-state index contributed by atoms with van der Waals surface area (Å²) in [5.41, 5.74) is 6.16. The van der Waals surface area contributed by atoms with Crippen LogP contribution in [0.4, 0.5) is 5.69 Å². The lowest BCUT2D eigenvalue weighted by atomic mass is 9.97. The van der Waals surface area contributed by atoms with E-state index in [1.807, 2.05) is 42.7 Å². The molecule has 3 nitrogen and oxygen atoms in total. The van der Waals surface area contributed by atoms with Crippen LogP contribution in [0.15, 0.2) is 60.9 Å². The minimum atomic E-state index is -0.165. The van der Waals surface area contributed by atoms with Gasteiger partial charge in [-0.1, -0.05) is 47.5 Å². The van der Waals surface area contributed by atoms with Gasteiger partial charge in [-0.05, 0) is 29.8 Å². The van der Waals surface area contributed by atoms with Gasteiger partial charge in [0.25, 0.3) is 0 Å². The predicted molar refractivity (Wildman–Crippen MR) is 103 cm³/mol. The molecule has 2 N–H and O–H groups in total. The number of hydrogen-bond donors (Lipinski definition) is 2. The summed E-state index contributed by atoms with van der Waals surface area (Å²) >= 11 is 13.0. The Morgan fingerprint density at radius 3 is 2.52 bits per heavy atom. The van der Waals surface area contributed by atoms with Crippen molar-refractivity contribution in [3.63, 3.8) is 0 Å². The third-order valence-electron chi connectivity index (χ3n) is 4.72. The number of fused-ring (bicyclic) bond motifs is 2. The second kappa shape index (κ2) is 5.51. The monoisotopic (exact) mass is 365 g/mol. The van der Waals surface area contributed by atoms with Gasteiger partial charge in [-0.3, -0.25) is 0 Å². The van der Waals surface area contributed by atoms with E-state index in [1.165, 1.54) is 0 Å². The standard InChI is InChI=1S/C20H13Cl2N3/c21-14-5-3-6-15(22)18(14)19-13-10-24-20-17(13)12(8-9-23-20)11-4-1-2-7-16(11)25-19/h1-10,19,25H,(H,23,24). The number of hydrogen-bond acceptors (Lipinski definition) is 2. The van der Waals surface area contributed by atoms with Crippen LogP contribution in [-0.2, 0) is 0 Å².